The number of carbonyl (C=O) groups excluding carboxylic acids is 1. The third-order valence-electron chi connectivity index (χ3n) is 6.30. The van der Waals surface area contributed by atoms with E-state index in [0.29, 0.717) is 28.3 Å². The van der Waals surface area contributed by atoms with E-state index < -0.39 is 0 Å². The first-order valence-electron chi connectivity index (χ1n) is 11.2. The van der Waals surface area contributed by atoms with Crippen molar-refractivity contribution in [1.29, 1.82) is 0 Å². The van der Waals surface area contributed by atoms with Crippen molar-refractivity contribution in [2.75, 3.05) is 11.4 Å². The van der Waals surface area contributed by atoms with Crippen molar-refractivity contribution in [3.63, 3.8) is 0 Å². The number of carbonyl (C=O) groups is 1. The van der Waals surface area contributed by atoms with Gasteiger partial charge in [0.2, 0.25) is 0 Å². The van der Waals surface area contributed by atoms with Crippen molar-refractivity contribution in [3.8, 4) is 0 Å². The highest BCUT2D eigenvalue weighted by Crippen LogP contribution is 2.37. The van der Waals surface area contributed by atoms with E-state index in [4.69, 9.17) is 4.98 Å². The van der Waals surface area contributed by atoms with Gasteiger partial charge in [0.05, 0.1) is 16.6 Å². The van der Waals surface area contributed by atoms with Crippen LogP contribution in [0.1, 0.15) is 55.2 Å². The topological polar surface area (TPSA) is 55.2 Å². The molecule has 0 radical (unpaired) electrons. The second kappa shape index (κ2) is 8.50. The molecule has 31 heavy (non-hydrogen) atoms. The van der Waals surface area contributed by atoms with Crippen LogP contribution in [0.2, 0.25) is 0 Å². The maximum Gasteiger partial charge on any atom is 0.261 e. The molecule has 5 nitrogen and oxygen atoms in total. The minimum atomic E-state index is -0.0299. The highest BCUT2D eigenvalue weighted by Gasteiger charge is 2.25. The van der Waals surface area contributed by atoms with Crippen LogP contribution in [0.5, 0.6) is 0 Å². The largest absolute Gasteiger partial charge is 0.307 e. The predicted octanol–water partition coefficient (Wildman–Crippen LogP) is 5.04. The van der Waals surface area contributed by atoms with E-state index in [2.05, 4.69) is 13.0 Å². The molecule has 6 heteroatoms. The Kier molecular flexibility index (Phi) is 5.57. The Balaban J connectivity index is 1.55. The van der Waals surface area contributed by atoms with Gasteiger partial charge in [-0.15, -0.1) is 11.8 Å². The van der Waals surface area contributed by atoms with Gasteiger partial charge in [0.15, 0.2) is 0 Å². The van der Waals surface area contributed by atoms with Crippen LogP contribution >= 0.6 is 11.8 Å². The zero-order valence-corrected chi connectivity index (χ0v) is 18.7. The summed E-state index contributed by atoms with van der Waals surface area (Å²) in [6, 6.07) is 13.5. The lowest BCUT2D eigenvalue weighted by atomic mass is 10.1. The lowest BCUT2D eigenvalue weighted by Gasteiger charge is -2.23. The van der Waals surface area contributed by atoms with E-state index in [-0.39, 0.29) is 11.5 Å². The molecular formula is C25H27N3O2S. The summed E-state index contributed by atoms with van der Waals surface area (Å²) >= 11 is 1.82. The normalized spacial score (nSPS) is 19.1. The Labute approximate surface area is 186 Å². The van der Waals surface area contributed by atoms with Crippen LogP contribution in [-0.2, 0) is 13.0 Å². The lowest BCUT2D eigenvalue weighted by molar-refractivity contribution is 0.0986. The second-order valence-corrected chi connectivity index (χ2v) is 10.0. The van der Waals surface area contributed by atoms with Gasteiger partial charge in [0, 0.05) is 35.2 Å². The number of fused-ring (bicyclic) bond motifs is 3. The summed E-state index contributed by atoms with van der Waals surface area (Å²) in [5, 5.41) is 1.05. The lowest BCUT2D eigenvalue weighted by Crippen LogP contribution is -2.32. The molecule has 1 amide bonds. The second-order valence-electron chi connectivity index (χ2n) is 8.52. The van der Waals surface area contributed by atoms with Crippen LogP contribution in [-0.4, -0.2) is 27.3 Å². The Morgan fingerprint density at radius 1 is 1.06 bits per heavy atom. The molecule has 0 saturated carbocycles. The average molecular weight is 434 g/mol. The molecule has 0 aliphatic carbocycles. The molecule has 1 atom stereocenters. The number of nitrogens with zero attached hydrogens (tertiary/aromatic N) is 3. The fourth-order valence-corrected chi connectivity index (χ4v) is 5.69. The highest BCUT2D eigenvalue weighted by molar-refractivity contribution is 8.00. The van der Waals surface area contributed by atoms with Gasteiger partial charge < -0.3 is 4.90 Å². The number of hydrogen-bond donors (Lipinski definition) is 0. The molecule has 0 saturated heterocycles. The van der Waals surface area contributed by atoms with Crippen molar-refractivity contribution >= 4 is 34.3 Å². The number of hydrogen-bond acceptors (Lipinski definition) is 4. The van der Waals surface area contributed by atoms with E-state index in [1.165, 1.54) is 6.42 Å². The van der Waals surface area contributed by atoms with E-state index in [9.17, 15) is 9.59 Å². The van der Waals surface area contributed by atoms with Crippen molar-refractivity contribution in [2.24, 2.45) is 0 Å². The third kappa shape index (κ3) is 3.89. The summed E-state index contributed by atoms with van der Waals surface area (Å²) in [5.74, 6) is 0.824. The van der Waals surface area contributed by atoms with Gasteiger partial charge in [0.1, 0.15) is 5.82 Å². The van der Waals surface area contributed by atoms with Gasteiger partial charge in [-0.3, -0.25) is 14.2 Å². The van der Waals surface area contributed by atoms with Gasteiger partial charge in [-0.25, -0.2) is 4.98 Å². The zero-order chi connectivity index (χ0) is 21.4. The minimum absolute atomic E-state index is 0.0197. The molecule has 3 aromatic rings. The quantitative estimate of drug-likeness (QED) is 0.539. The standard InChI is InChI=1S/C25H27N3O2S/c1-17-13-15-27(21-8-5-6-9-22(21)31-17)24(29)18-11-12-19-20(16-18)26-23-10-4-2-3-7-14-28(23)25(19)30/h5-6,8-9,11-12,16-17H,2-4,7,10,13-15H2,1H3/t17-/m0/s1. The molecule has 1 aromatic heterocycles. The Bertz CT molecular complexity index is 1200. The van der Waals surface area contributed by atoms with Crippen molar-refractivity contribution in [1.82, 2.24) is 9.55 Å². The van der Waals surface area contributed by atoms with Crippen LogP contribution < -0.4 is 10.5 Å². The monoisotopic (exact) mass is 433 g/mol. The molecule has 160 valence electrons. The first-order valence-corrected chi connectivity index (χ1v) is 12.1. The number of rotatable bonds is 1. The number of amides is 1. The SMILES string of the molecule is C[C@H]1CCN(C(=O)c2ccc3c(=O)n4c(nc3c2)CCCCCC4)c2ccccc2S1. The summed E-state index contributed by atoms with van der Waals surface area (Å²) < 4.78 is 1.84. The van der Waals surface area contributed by atoms with Gasteiger partial charge in [0.25, 0.3) is 11.5 Å². The van der Waals surface area contributed by atoms with E-state index in [0.717, 1.165) is 55.1 Å². The molecule has 0 unspecified atom stereocenters. The van der Waals surface area contributed by atoms with Crippen molar-refractivity contribution in [3.05, 3.63) is 64.2 Å². The molecule has 0 spiro atoms. The molecule has 3 heterocycles. The minimum Gasteiger partial charge on any atom is -0.307 e. The fourth-order valence-electron chi connectivity index (χ4n) is 4.58. The van der Waals surface area contributed by atoms with Crippen LogP contribution in [0.15, 0.2) is 52.2 Å². The van der Waals surface area contributed by atoms with E-state index >= 15 is 0 Å². The molecule has 0 fully saturated rings. The summed E-state index contributed by atoms with van der Waals surface area (Å²) in [7, 11) is 0. The molecule has 2 aliphatic rings. The number of thioether (sulfide) groups is 1. The Morgan fingerprint density at radius 3 is 2.81 bits per heavy atom. The highest BCUT2D eigenvalue weighted by atomic mass is 32.2. The number of anilines is 1. The zero-order valence-electron chi connectivity index (χ0n) is 17.8. The summed E-state index contributed by atoms with van der Waals surface area (Å²) in [6.07, 6.45) is 6.16. The average Bonchev–Trinajstić information content (AvgIpc) is 2.92. The molecular weight excluding hydrogens is 406 g/mol. The predicted molar refractivity (Wildman–Crippen MR) is 126 cm³/mol. The maximum atomic E-state index is 13.5. The molecule has 0 bridgehead atoms. The first kappa shape index (κ1) is 20.3. The van der Waals surface area contributed by atoms with Gasteiger partial charge in [-0.2, -0.15) is 0 Å². The van der Waals surface area contributed by atoms with Gasteiger partial charge in [-0.05, 0) is 49.6 Å². The number of aryl methyl sites for hydroxylation is 1. The smallest absolute Gasteiger partial charge is 0.261 e. The number of benzene rings is 2. The van der Waals surface area contributed by atoms with E-state index in [1.807, 2.05) is 45.5 Å². The molecule has 0 N–H and O–H groups in total. The van der Waals surface area contributed by atoms with Crippen LogP contribution in [0.4, 0.5) is 5.69 Å². The number of aromatic nitrogens is 2. The van der Waals surface area contributed by atoms with E-state index in [1.54, 1.807) is 12.1 Å². The van der Waals surface area contributed by atoms with Crippen molar-refractivity contribution in [2.45, 2.75) is 62.1 Å². The van der Waals surface area contributed by atoms with Crippen molar-refractivity contribution < 1.29 is 4.79 Å². The first-order chi connectivity index (χ1) is 15.1. The fraction of sp³-hybridized carbons (Fsp3) is 0.400. The summed E-state index contributed by atoms with van der Waals surface area (Å²) in [4.78, 5) is 34.5. The summed E-state index contributed by atoms with van der Waals surface area (Å²) in [6.45, 7) is 3.62. The molecule has 2 aromatic carbocycles. The number of para-hydroxylation sites is 1. The Morgan fingerprint density at radius 2 is 1.90 bits per heavy atom. The van der Waals surface area contributed by atoms with Gasteiger partial charge in [-0.1, -0.05) is 31.9 Å². The maximum absolute atomic E-state index is 13.5. The van der Waals surface area contributed by atoms with Crippen LogP contribution in [0.3, 0.4) is 0 Å². The summed E-state index contributed by atoms with van der Waals surface area (Å²) in [5.41, 5.74) is 2.21. The molecule has 2 aliphatic heterocycles. The van der Waals surface area contributed by atoms with Crippen LogP contribution in [0.25, 0.3) is 10.9 Å². The Hall–Kier alpha value is -2.60. The van der Waals surface area contributed by atoms with Gasteiger partial charge >= 0.3 is 0 Å². The molecule has 5 rings (SSSR count). The third-order valence-corrected chi connectivity index (χ3v) is 7.54. The van der Waals surface area contributed by atoms with Crippen LogP contribution in [0, 0.1) is 0 Å².